The van der Waals surface area contributed by atoms with Gasteiger partial charge in [-0.25, -0.2) is 9.97 Å². The van der Waals surface area contributed by atoms with Gasteiger partial charge in [0.15, 0.2) is 11.8 Å². The summed E-state index contributed by atoms with van der Waals surface area (Å²) in [6.45, 7) is 3.45. The summed E-state index contributed by atoms with van der Waals surface area (Å²) in [7, 11) is 1.96. The predicted molar refractivity (Wildman–Crippen MR) is 94.4 cm³/mol. The lowest BCUT2D eigenvalue weighted by Crippen LogP contribution is -2.53. The number of aromatic nitrogens is 3. The highest BCUT2D eigenvalue weighted by Gasteiger charge is 2.32. The number of morpholine rings is 1. The Morgan fingerprint density at radius 3 is 2.96 bits per heavy atom. The van der Waals surface area contributed by atoms with E-state index >= 15 is 0 Å². The number of nitrogens with zero attached hydrogens (tertiary/aromatic N) is 5. The first kappa shape index (κ1) is 15.7. The minimum absolute atomic E-state index is 0.108. The van der Waals surface area contributed by atoms with Crippen LogP contribution in [0, 0.1) is 0 Å². The van der Waals surface area contributed by atoms with E-state index in [1.54, 1.807) is 6.20 Å². The average Bonchev–Trinajstić information content (AvgIpc) is 2.99. The molecule has 7 nitrogen and oxygen atoms in total. The van der Waals surface area contributed by atoms with Gasteiger partial charge in [-0.1, -0.05) is 0 Å². The van der Waals surface area contributed by atoms with Crippen LogP contribution in [-0.4, -0.2) is 75.7 Å². The summed E-state index contributed by atoms with van der Waals surface area (Å²) in [4.78, 5) is 25.8. The first-order valence-corrected chi connectivity index (χ1v) is 9.40. The molecule has 24 heavy (non-hydrogen) atoms. The van der Waals surface area contributed by atoms with Gasteiger partial charge in [0.2, 0.25) is 5.95 Å². The van der Waals surface area contributed by atoms with Crippen LogP contribution in [0.2, 0.25) is 0 Å². The molecule has 8 heteroatoms. The number of fused-ring (bicyclic) bond motifs is 1. The number of hydrogen-bond donors (Lipinski definition) is 0. The second kappa shape index (κ2) is 6.60. The monoisotopic (exact) mass is 347 g/mol. The molecule has 4 heterocycles. The number of ether oxygens (including phenoxy) is 1. The maximum atomic E-state index is 12.7. The highest BCUT2D eigenvalue weighted by molar-refractivity contribution is 7.99. The SMILES string of the molecule is Cn1c(N2CCOC(C(=O)N3CCSCC3)C2)nc2cccnc21. The van der Waals surface area contributed by atoms with Crippen LogP contribution < -0.4 is 4.90 Å². The second-order valence-corrected chi connectivity index (χ2v) is 7.28. The minimum Gasteiger partial charge on any atom is -0.365 e. The van der Waals surface area contributed by atoms with Crippen LogP contribution in [0.3, 0.4) is 0 Å². The zero-order chi connectivity index (χ0) is 16.5. The Kier molecular flexibility index (Phi) is 4.32. The number of hydrogen-bond acceptors (Lipinski definition) is 6. The molecule has 1 amide bonds. The fraction of sp³-hybridized carbons (Fsp3) is 0.562. The lowest BCUT2D eigenvalue weighted by molar-refractivity contribution is -0.144. The van der Waals surface area contributed by atoms with Gasteiger partial charge in [-0.2, -0.15) is 11.8 Å². The van der Waals surface area contributed by atoms with E-state index in [0.29, 0.717) is 13.2 Å². The number of rotatable bonds is 2. The van der Waals surface area contributed by atoms with E-state index in [9.17, 15) is 4.79 Å². The summed E-state index contributed by atoms with van der Waals surface area (Å²) in [6, 6.07) is 3.85. The molecule has 2 aromatic rings. The van der Waals surface area contributed by atoms with E-state index in [0.717, 1.165) is 48.3 Å². The molecular formula is C16H21N5O2S. The number of aryl methyl sites for hydroxylation is 1. The Bertz CT molecular complexity index is 743. The van der Waals surface area contributed by atoms with E-state index in [2.05, 4.69) is 14.9 Å². The molecule has 0 spiro atoms. The maximum absolute atomic E-state index is 12.7. The smallest absolute Gasteiger partial charge is 0.253 e. The molecule has 2 aliphatic rings. The third-order valence-electron chi connectivity index (χ3n) is 4.55. The highest BCUT2D eigenvalue weighted by Crippen LogP contribution is 2.22. The normalized spacial score (nSPS) is 22.1. The van der Waals surface area contributed by atoms with Gasteiger partial charge in [-0.3, -0.25) is 9.36 Å². The van der Waals surface area contributed by atoms with Gasteiger partial charge in [0.1, 0.15) is 5.52 Å². The zero-order valence-electron chi connectivity index (χ0n) is 13.7. The summed E-state index contributed by atoms with van der Waals surface area (Å²) in [5.74, 6) is 2.98. The topological polar surface area (TPSA) is 63.5 Å². The Morgan fingerprint density at radius 1 is 1.33 bits per heavy atom. The van der Waals surface area contributed by atoms with Gasteiger partial charge in [0.25, 0.3) is 5.91 Å². The minimum atomic E-state index is -0.408. The quantitative estimate of drug-likeness (QED) is 0.799. The summed E-state index contributed by atoms with van der Waals surface area (Å²) >= 11 is 1.90. The van der Waals surface area contributed by atoms with Crippen LogP contribution in [-0.2, 0) is 16.6 Å². The lowest BCUT2D eigenvalue weighted by Gasteiger charge is -2.36. The fourth-order valence-corrected chi connectivity index (χ4v) is 4.17. The van der Waals surface area contributed by atoms with Crippen molar-refractivity contribution in [3.63, 3.8) is 0 Å². The number of carbonyl (C=O) groups is 1. The van der Waals surface area contributed by atoms with Gasteiger partial charge in [-0.05, 0) is 12.1 Å². The van der Waals surface area contributed by atoms with Crippen molar-refractivity contribution >= 4 is 34.8 Å². The Morgan fingerprint density at radius 2 is 2.17 bits per heavy atom. The molecule has 4 rings (SSSR count). The molecule has 1 atom stereocenters. The standard InChI is InChI=1S/C16H21N5O2S/c1-19-14-12(3-2-4-17-14)18-16(19)21-5-8-23-13(11-21)15(22)20-6-9-24-10-7-20/h2-4,13H,5-11H2,1H3. The van der Waals surface area contributed by atoms with E-state index in [1.165, 1.54) is 0 Å². The molecule has 0 N–H and O–H groups in total. The van der Waals surface area contributed by atoms with Gasteiger partial charge in [0.05, 0.1) is 13.2 Å². The van der Waals surface area contributed by atoms with E-state index in [1.807, 2.05) is 40.4 Å². The highest BCUT2D eigenvalue weighted by atomic mass is 32.2. The Hall–Kier alpha value is -1.80. The Balaban J connectivity index is 1.53. The molecule has 0 aromatic carbocycles. The lowest BCUT2D eigenvalue weighted by atomic mass is 10.2. The molecule has 2 aromatic heterocycles. The number of amides is 1. The maximum Gasteiger partial charge on any atom is 0.253 e. The molecule has 0 saturated carbocycles. The van der Waals surface area contributed by atoms with Crippen LogP contribution in [0.25, 0.3) is 11.2 Å². The molecular weight excluding hydrogens is 326 g/mol. The van der Waals surface area contributed by atoms with Crippen LogP contribution in [0.5, 0.6) is 0 Å². The van der Waals surface area contributed by atoms with Crippen LogP contribution >= 0.6 is 11.8 Å². The molecule has 0 bridgehead atoms. The van der Waals surface area contributed by atoms with Gasteiger partial charge >= 0.3 is 0 Å². The Labute approximate surface area is 145 Å². The van der Waals surface area contributed by atoms with Crippen molar-refractivity contribution in [1.82, 2.24) is 19.4 Å². The number of imidazole rings is 1. The largest absolute Gasteiger partial charge is 0.365 e. The zero-order valence-corrected chi connectivity index (χ0v) is 14.5. The molecule has 2 fully saturated rings. The average molecular weight is 347 g/mol. The first-order chi connectivity index (χ1) is 11.7. The summed E-state index contributed by atoms with van der Waals surface area (Å²) < 4.78 is 7.75. The van der Waals surface area contributed by atoms with E-state index < -0.39 is 6.10 Å². The van der Waals surface area contributed by atoms with Crippen molar-refractivity contribution in [2.45, 2.75) is 6.10 Å². The third kappa shape index (κ3) is 2.84. The molecule has 2 aliphatic heterocycles. The van der Waals surface area contributed by atoms with Crippen molar-refractivity contribution in [2.24, 2.45) is 7.05 Å². The number of thioether (sulfide) groups is 1. The van der Waals surface area contributed by atoms with Crippen molar-refractivity contribution in [1.29, 1.82) is 0 Å². The van der Waals surface area contributed by atoms with E-state index in [-0.39, 0.29) is 5.91 Å². The summed E-state index contributed by atoms with van der Waals surface area (Å²) in [5, 5.41) is 0. The number of pyridine rings is 1. The molecule has 128 valence electrons. The summed E-state index contributed by atoms with van der Waals surface area (Å²) in [6.07, 6.45) is 1.36. The van der Waals surface area contributed by atoms with Crippen molar-refractivity contribution in [3.8, 4) is 0 Å². The van der Waals surface area contributed by atoms with Gasteiger partial charge in [-0.15, -0.1) is 0 Å². The fourth-order valence-electron chi connectivity index (χ4n) is 3.26. The second-order valence-electron chi connectivity index (χ2n) is 6.06. The predicted octanol–water partition coefficient (Wildman–Crippen LogP) is 0.749. The third-order valence-corrected chi connectivity index (χ3v) is 5.49. The van der Waals surface area contributed by atoms with Crippen molar-refractivity contribution in [2.75, 3.05) is 49.2 Å². The number of anilines is 1. The molecule has 1 unspecified atom stereocenters. The van der Waals surface area contributed by atoms with E-state index in [4.69, 9.17) is 4.74 Å². The van der Waals surface area contributed by atoms with Crippen LogP contribution in [0.15, 0.2) is 18.3 Å². The van der Waals surface area contributed by atoms with Gasteiger partial charge in [0, 0.05) is 44.4 Å². The molecule has 2 saturated heterocycles. The summed E-state index contributed by atoms with van der Waals surface area (Å²) in [5.41, 5.74) is 1.73. The van der Waals surface area contributed by atoms with Crippen molar-refractivity contribution in [3.05, 3.63) is 18.3 Å². The van der Waals surface area contributed by atoms with Crippen LogP contribution in [0.1, 0.15) is 0 Å². The van der Waals surface area contributed by atoms with Gasteiger partial charge < -0.3 is 14.5 Å². The molecule has 0 aliphatic carbocycles. The molecule has 0 radical (unpaired) electrons. The first-order valence-electron chi connectivity index (χ1n) is 8.24. The van der Waals surface area contributed by atoms with Crippen LogP contribution in [0.4, 0.5) is 5.95 Å². The number of carbonyl (C=O) groups excluding carboxylic acids is 1. The van der Waals surface area contributed by atoms with Crippen molar-refractivity contribution < 1.29 is 9.53 Å².